The number of hydrogen-bond donors (Lipinski definition) is 1. The number of anilines is 1. The molecule has 1 fully saturated rings. The molecule has 0 aliphatic carbocycles. The van der Waals surface area contributed by atoms with Gasteiger partial charge in [0.1, 0.15) is 17.0 Å². The Hall–Kier alpha value is -2.34. The molecular weight excluding hydrogens is 474 g/mol. The molecule has 1 N–H and O–H groups in total. The zero-order valence-electron chi connectivity index (χ0n) is 17.1. The standard InChI is InChI=1S/C20H22ClN5O4S2/c21-17-7-6-15(11-18(17)32(28,29)26-8-2-1-3-9-26)23-19(27)13-31-20-24-22-14-25(20)12-16-5-4-10-30-16/h4-7,10-11,14H,1-3,8-9,12-13H2,(H,23,27). The third kappa shape index (κ3) is 5.34. The van der Waals surface area contributed by atoms with Crippen LogP contribution in [-0.4, -0.2) is 52.2 Å². The topological polar surface area (TPSA) is 110 Å². The van der Waals surface area contributed by atoms with E-state index in [0.717, 1.165) is 25.0 Å². The summed E-state index contributed by atoms with van der Waals surface area (Å²) in [5.74, 6) is 0.527. The first-order chi connectivity index (χ1) is 15.4. The van der Waals surface area contributed by atoms with Crippen molar-refractivity contribution in [1.82, 2.24) is 19.1 Å². The summed E-state index contributed by atoms with van der Waals surface area (Å²) in [6.07, 6.45) is 5.83. The van der Waals surface area contributed by atoms with Gasteiger partial charge < -0.3 is 14.3 Å². The molecule has 9 nitrogen and oxygen atoms in total. The molecule has 32 heavy (non-hydrogen) atoms. The number of nitrogens with zero attached hydrogens (tertiary/aromatic N) is 4. The van der Waals surface area contributed by atoms with E-state index in [0.29, 0.717) is 30.5 Å². The Labute approximate surface area is 195 Å². The number of sulfonamides is 1. The number of amides is 1. The highest BCUT2D eigenvalue weighted by Crippen LogP contribution is 2.29. The van der Waals surface area contributed by atoms with Crippen LogP contribution in [-0.2, 0) is 21.4 Å². The second-order valence-corrected chi connectivity index (χ2v) is 10.5. The lowest BCUT2D eigenvalue weighted by Crippen LogP contribution is -2.35. The molecule has 1 aliphatic heterocycles. The number of halogens is 1. The zero-order valence-corrected chi connectivity index (χ0v) is 19.5. The maximum Gasteiger partial charge on any atom is 0.244 e. The van der Waals surface area contributed by atoms with Gasteiger partial charge in [-0.3, -0.25) is 4.79 Å². The van der Waals surface area contributed by atoms with Gasteiger partial charge in [-0.1, -0.05) is 29.8 Å². The minimum atomic E-state index is -3.71. The molecule has 4 rings (SSSR count). The van der Waals surface area contributed by atoms with Gasteiger partial charge in [-0.15, -0.1) is 10.2 Å². The highest BCUT2D eigenvalue weighted by atomic mass is 35.5. The van der Waals surface area contributed by atoms with Crippen LogP contribution in [0.2, 0.25) is 5.02 Å². The van der Waals surface area contributed by atoms with Gasteiger partial charge in [0.15, 0.2) is 5.16 Å². The fourth-order valence-corrected chi connectivity index (χ4v) is 6.12. The Balaban J connectivity index is 1.40. The number of carbonyl (C=O) groups excluding carboxylic acids is 1. The number of furan rings is 1. The molecule has 2 aromatic heterocycles. The number of thioether (sulfide) groups is 1. The first-order valence-electron chi connectivity index (χ1n) is 10.1. The van der Waals surface area contributed by atoms with Crippen molar-refractivity contribution in [2.45, 2.75) is 35.9 Å². The molecule has 1 amide bonds. The van der Waals surface area contributed by atoms with Crippen LogP contribution in [0.1, 0.15) is 25.0 Å². The SMILES string of the molecule is O=C(CSc1nncn1Cc1ccco1)Nc1ccc(Cl)c(S(=O)(=O)N2CCCCC2)c1. The number of aromatic nitrogens is 3. The number of rotatable bonds is 8. The number of hydrogen-bond acceptors (Lipinski definition) is 7. The molecule has 0 saturated carbocycles. The van der Waals surface area contributed by atoms with Crippen LogP contribution in [0.15, 0.2) is 57.4 Å². The van der Waals surface area contributed by atoms with E-state index >= 15 is 0 Å². The van der Waals surface area contributed by atoms with E-state index in [9.17, 15) is 13.2 Å². The Morgan fingerprint density at radius 2 is 2.03 bits per heavy atom. The molecule has 3 aromatic rings. The van der Waals surface area contributed by atoms with E-state index in [-0.39, 0.29) is 21.6 Å². The van der Waals surface area contributed by atoms with Gasteiger partial charge in [-0.25, -0.2) is 8.42 Å². The van der Waals surface area contributed by atoms with Crippen LogP contribution < -0.4 is 5.32 Å². The Morgan fingerprint density at radius 3 is 2.78 bits per heavy atom. The zero-order chi connectivity index (χ0) is 22.6. The minimum Gasteiger partial charge on any atom is -0.467 e. The van der Waals surface area contributed by atoms with Crippen molar-refractivity contribution < 1.29 is 17.6 Å². The van der Waals surface area contributed by atoms with E-state index in [1.54, 1.807) is 29.3 Å². The summed E-state index contributed by atoms with van der Waals surface area (Å²) in [6, 6.07) is 8.12. The molecule has 12 heteroatoms. The smallest absolute Gasteiger partial charge is 0.244 e. The molecular formula is C20H22ClN5O4S2. The first kappa shape index (κ1) is 22.8. The highest BCUT2D eigenvalue weighted by molar-refractivity contribution is 7.99. The van der Waals surface area contributed by atoms with E-state index in [4.69, 9.17) is 16.0 Å². The summed E-state index contributed by atoms with van der Waals surface area (Å²) in [7, 11) is -3.71. The van der Waals surface area contributed by atoms with Gasteiger partial charge in [0.2, 0.25) is 15.9 Å². The molecule has 0 bridgehead atoms. The van der Waals surface area contributed by atoms with Crippen molar-refractivity contribution in [3.8, 4) is 0 Å². The summed E-state index contributed by atoms with van der Waals surface area (Å²) in [6.45, 7) is 1.41. The summed E-state index contributed by atoms with van der Waals surface area (Å²) < 4.78 is 34.5. The molecule has 170 valence electrons. The van der Waals surface area contributed by atoms with Crippen LogP contribution in [0.3, 0.4) is 0 Å². The van der Waals surface area contributed by atoms with Gasteiger partial charge >= 0.3 is 0 Å². The van der Waals surface area contributed by atoms with Crippen molar-refractivity contribution in [2.75, 3.05) is 24.2 Å². The molecule has 0 atom stereocenters. The van der Waals surface area contributed by atoms with E-state index in [1.807, 2.05) is 6.07 Å². The first-order valence-corrected chi connectivity index (χ1v) is 12.9. The summed E-state index contributed by atoms with van der Waals surface area (Å²) in [5.41, 5.74) is 0.368. The number of nitrogens with one attached hydrogen (secondary N) is 1. The monoisotopic (exact) mass is 495 g/mol. The molecule has 1 aliphatic rings. The maximum absolute atomic E-state index is 13.0. The lowest BCUT2D eigenvalue weighted by atomic mass is 10.2. The predicted molar refractivity (Wildman–Crippen MR) is 121 cm³/mol. The number of carbonyl (C=O) groups is 1. The largest absolute Gasteiger partial charge is 0.467 e. The number of piperidine rings is 1. The Bertz CT molecular complexity index is 1170. The molecule has 0 unspecified atom stereocenters. The minimum absolute atomic E-state index is 0.00436. The van der Waals surface area contributed by atoms with Crippen LogP contribution in [0, 0.1) is 0 Å². The van der Waals surface area contributed by atoms with Crippen molar-refractivity contribution in [1.29, 1.82) is 0 Å². The van der Waals surface area contributed by atoms with Crippen molar-refractivity contribution in [3.05, 3.63) is 53.7 Å². The molecule has 1 aromatic carbocycles. The maximum atomic E-state index is 13.0. The average Bonchev–Trinajstić information content (AvgIpc) is 3.46. The van der Waals surface area contributed by atoms with Gasteiger partial charge in [-0.2, -0.15) is 4.31 Å². The summed E-state index contributed by atoms with van der Waals surface area (Å²) in [4.78, 5) is 12.5. The third-order valence-corrected chi connectivity index (χ3v) is 8.33. The fraction of sp³-hybridized carbons (Fsp3) is 0.350. The van der Waals surface area contributed by atoms with E-state index in [1.165, 1.54) is 28.2 Å². The lowest BCUT2D eigenvalue weighted by molar-refractivity contribution is -0.113. The quantitative estimate of drug-likeness (QED) is 0.476. The lowest BCUT2D eigenvalue weighted by Gasteiger charge is -2.26. The predicted octanol–water partition coefficient (Wildman–Crippen LogP) is 3.48. The van der Waals surface area contributed by atoms with Gasteiger partial charge in [-0.05, 0) is 43.2 Å². The summed E-state index contributed by atoms with van der Waals surface area (Å²) in [5, 5.41) is 11.4. The number of benzene rings is 1. The van der Waals surface area contributed by atoms with Crippen molar-refractivity contribution >= 4 is 45.0 Å². The van der Waals surface area contributed by atoms with E-state index in [2.05, 4.69) is 15.5 Å². The van der Waals surface area contributed by atoms with Gasteiger partial charge in [0.25, 0.3) is 0 Å². The average molecular weight is 496 g/mol. The second-order valence-electron chi connectivity index (χ2n) is 7.27. The normalized spacial score (nSPS) is 15.0. The highest BCUT2D eigenvalue weighted by Gasteiger charge is 2.28. The van der Waals surface area contributed by atoms with Crippen LogP contribution in [0.5, 0.6) is 0 Å². The van der Waals surface area contributed by atoms with Crippen LogP contribution in [0.25, 0.3) is 0 Å². The fourth-order valence-electron chi connectivity index (χ4n) is 3.39. The Morgan fingerprint density at radius 1 is 1.22 bits per heavy atom. The van der Waals surface area contributed by atoms with Crippen LogP contribution in [0.4, 0.5) is 5.69 Å². The van der Waals surface area contributed by atoms with Crippen molar-refractivity contribution in [3.63, 3.8) is 0 Å². The Kier molecular flexibility index (Phi) is 7.19. The van der Waals surface area contributed by atoms with Gasteiger partial charge in [0, 0.05) is 18.8 Å². The van der Waals surface area contributed by atoms with Gasteiger partial charge in [0.05, 0.1) is 23.6 Å². The summed E-state index contributed by atoms with van der Waals surface area (Å²) >= 11 is 7.41. The second kappa shape index (κ2) is 10.1. The molecule has 0 radical (unpaired) electrons. The third-order valence-electron chi connectivity index (χ3n) is 4.97. The molecule has 3 heterocycles. The van der Waals surface area contributed by atoms with Crippen molar-refractivity contribution in [2.24, 2.45) is 0 Å². The van der Waals surface area contributed by atoms with E-state index < -0.39 is 10.0 Å². The van der Waals surface area contributed by atoms with Crippen LogP contribution >= 0.6 is 23.4 Å². The molecule has 1 saturated heterocycles. The molecule has 0 spiro atoms.